The molecular formula is H8Cr2MnN2O8. The van der Waals surface area contributed by atoms with E-state index in [1.165, 1.54) is 0 Å². The molecular weight excluding hydrogens is 315 g/mol. The Morgan fingerprint density at radius 3 is 0.615 bits per heavy atom. The van der Waals surface area contributed by atoms with E-state index in [1.54, 1.807) is 0 Å². The minimum absolute atomic E-state index is 0. The van der Waals surface area contributed by atoms with E-state index >= 15 is 0 Å². The van der Waals surface area contributed by atoms with Crippen molar-refractivity contribution in [2.24, 2.45) is 0 Å². The average molecular weight is 323 g/mol. The van der Waals surface area contributed by atoms with Gasteiger partial charge in [0.05, 0.1) is 0 Å². The molecule has 0 aromatic carbocycles. The number of rotatable bonds is 0. The van der Waals surface area contributed by atoms with E-state index in [9.17, 15) is 0 Å². The van der Waals surface area contributed by atoms with Crippen LogP contribution in [0.5, 0.6) is 0 Å². The summed E-state index contributed by atoms with van der Waals surface area (Å²) in [6.07, 6.45) is 0. The van der Waals surface area contributed by atoms with Gasteiger partial charge < -0.3 is 12.3 Å². The van der Waals surface area contributed by atoms with Gasteiger partial charge in [-0.15, -0.1) is 0 Å². The molecule has 0 aliphatic rings. The quantitative estimate of drug-likeness (QED) is 0.411. The minimum atomic E-state index is -5.75. The summed E-state index contributed by atoms with van der Waals surface area (Å²) in [4.78, 5) is 0. The second-order valence-electron chi connectivity index (χ2n) is 0.816. The molecule has 0 atom stereocenters. The number of quaternary nitrogens is 2. The van der Waals surface area contributed by atoms with Crippen molar-refractivity contribution in [1.29, 1.82) is 0 Å². The summed E-state index contributed by atoms with van der Waals surface area (Å²) in [6.45, 7) is 0. The fraction of sp³-hybridized carbons (Fsp3) is 0. The molecule has 0 amide bonds. The van der Waals surface area contributed by atoms with Gasteiger partial charge in [-0.05, 0) is 0 Å². The molecule has 0 aromatic heterocycles. The van der Waals surface area contributed by atoms with E-state index in [-0.39, 0.29) is 29.4 Å². The number of hydrogen-bond donors (Lipinski definition) is 2. The second-order valence-corrected chi connectivity index (χ2v) is 3.37. The summed E-state index contributed by atoms with van der Waals surface area (Å²) >= 11 is -11.5. The standard InChI is InChI=1S/2Cr.Mn.2H3N.8O/h;;;2*1H3;;;;;;;;/q;;+2;;;;;;;4*-1/p+2. The Balaban J connectivity index is -0.0000000267. The van der Waals surface area contributed by atoms with Gasteiger partial charge in [0.2, 0.25) is 0 Å². The van der Waals surface area contributed by atoms with E-state index in [1.807, 2.05) is 0 Å². The molecule has 0 unspecified atom stereocenters. The Kier molecular flexibility index (Phi) is 23.9. The predicted molar refractivity (Wildman–Crippen MR) is 14.7 cm³/mol. The van der Waals surface area contributed by atoms with Crippen LogP contribution in [-0.4, -0.2) is 0 Å². The molecule has 0 aliphatic heterocycles. The third-order valence-electron chi connectivity index (χ3n) is 0. The van der Waals surface area contributed by atoms with Crippen molar-refractivity contribution in [2.75, 3.05) is 0 Å². The van der Waals surface area contributed by atoms with Gasteiger partial charge in [-0.25, -0.2) is 0 Å². The van der Waals surface area contributed by atoms with Crippen LogP contribution < -0.4 is 28.9 Å². The van der Waals surface area contributed by atoms with Gasteiger partial charge in [-0.3, -0.25) is 0 Å². The topological polar surface area (TPSA) is 234 Å². The molecule has 10 nitrogen and oxygen atoms in total. The van der Waals surface area contributed by atoms with Crippen LogP contribution in [0.3, 0.4) is 0 Å². The maximum absolute atomic E-state index is 8.59. The normalized spacial score (nSPS) is 8.92. The van der Waals surface area contributed by atoms with E-state index in [0.717, 1.165) is 0 Å². The molecule has 1 radical (unpaired) electrons. The van der Waals surface area contributed by atoms with Crippen LogP contribution >= 0.6 is 0 Å². The fourth-order valence-electron chi connectivity index (χ4n) is 0. The van der Waals surface area contributed by atoms with Crippen molar-refractivity contribution in [2.45, 2.75) is 0 Å². The molecule has 0 saturated heterocycles. The van der Waals surface area contributed by atoms with Gasteiger partial charge in [0.15, 0.2) is 0 Å². The van der Waals surface area contributed by atoms with Crippen molar-refractivity contribution in [3.8, 4) is 0 Å². The molecule has 0 aliphatic carbocycles. The molecule has 0 fully saturated rings. The summed E-state index contributed by atoms with van der Waals surface area (Å²) in [7, 11) is 0. The summed E-state index contributed by atoms with van der Waals surface area (Å²) in [6, 6.07) is 0. The zero-order chi connectivity index (χ0) is 9.00. The molecule has 0 saturated carbocycles. The summed E-state index contributed by atoms with van der Waals surface area (Å²) in [5.74, 6) is 0. The zero-order valence-corrected chi connectivity index (χ0v) is 10.2. The fourth-order valence-corrected chi connectivity index (χ4v) is 0. The molecule has 0 bridgehead atoms. The van der Waals surface area contributed by atoms with Crippen LogP contribution in [0.25, 0.3) is 0 Å². The first-order chi connectivity index (χ1) is 4.00. The molecule has 0 rings (SSSR count). The van der Waals surface area contributed by atoms with Gasteiger partial charge in [-0.2, -0.15) is 0 Å². The zero-order valence-electron chi connectivity index (χ0n) is 6.46. The van der Waals surface area contributed by atoms with Crippen molar-refractivity contribution in [1.82, 2.24) is 12.3 Å². The maximum atomic E-state index is 8.59. The first-order valence-corrected chi connectivity index (χ1v) is 5.50. The molecule has 13 heteroatoms. The van der Waals surface area contributed by atoms with Crippen LogP contribution in [-0.2, 0) is 59.5 Å². The van der Waals surface area contributed by atoms with Gasteiger partial charge in [0.1, 0.15) is 0 Å². The third kappa shape index (κ3) is 4710. The van der Waals surface area contributed by atoms with Crippen molar-refractivity contribution >= 4 is 0 Å². The van der Waals surface area contributed by atoms with Gasteiger partial charge >= 0.3 is 76.1 Å². The van der Waals surface area contributed by atoms with E-state index in [4.69, 9.17) is 31.8 Å². The Labute approximate surface area is 88.4 Å². The van der Waals surface area contributed by atoms with Gasteiger partial charge in [-0.1, -0.05) is 0 Å². The predicted octanol–water partition coefficient (Wildman–Crippen LogP) is -4.49. The van der Waals surface area contributed by atoms with Crippen LogP contribution in [0.2, 0.25) is 0 Å². The van der Waals surface area contributed by atoms with Crippen molar-refractivity contribution in [3.63, 3.8) is 0 Å². The van der Waals surface area contributed by atoms with Gasteiger partial charge in [0, 0.05) is 0 Å². The van der Waals surface area contributed by atoms with E-state index in [0.29, 0.717) is 0 Å². The number of hydrogen-bond acceptors (Lipinski definition) is 8. The van der Waals surface area contributed by atoms with E-state index < -0.39 is 27.2 Å². The Morgan fingerprint density at radius 1 is 0.615 bits per heavy atom. The monoisotopic (exact) mass is 323 g/mol. The Hall–Kier alpha value is 0.544. The molecule has 8 N–H and O–H groups in total. The SMILES string of the molecule is [Mn+2].[NH4+].[NH4+].[O]=[Cr](=[O])([O-])[O-].[O]=[Cr](=[O])([O-])[O-]. The Morgan fingerprint density at radius 2 is 0.615 bits per heavy atom. The summed E-state index contributed by atoms with van der Waals surface area (Å²) in [5, 5.41) is 0. The van der Waals surface area contributed by atoms with Crippen LogP contribution in [0.15, 0.2) is 0 Å². The molecule has 0 aromatic rings. The van der Waals surface area contributed by atoms with Crippen LogP contribution in [0.1, 0.15) is 0 Å². The Bertz CT molecular complexity index is 217. The summed E-state index contributed by atoms with van der Waals surface area (Å²) < 4.78 is 68.8. The molecule has 0 heterocycles. The third-order valence-corrected chi connectivity index (χ3v) is 0. The second kappa shape index (κ2) is 10.6. The molecule has 0 spiro atoms. The first-order valence-electron chi connectivity index (χ1n) is 1.33. The molecule has 85 valence electrons. The average Bonchev–Trinajstić information content (AvgIpc) is 1.12. The first kappa shape index (κ1) is 29.2. The molecule has 13 heavy (non-hydrogen) atoms. The van der Waals surface area contributed by atoms with Crippen molar-refractivity contribution in [3.05, 3.63) is 0 Å². The van der Waals surface area contributed by atoms with Crippen LogP contribution in [0, 0.1) is 0 Å². The van der Waals surface area contributed by atoms with Crippen molar-refractivity contribution < 1.29 is 76.1 Å². The van der Waals surface area contributed by atoms with E-state index in [2.05, 4.69) is 0 Å². The van der Waals surface area contributed by atoms with Crippen LogP contribution in [0.4, 0.5) is 0 Å². The van der Waals surface area contributed by atoms with Gasteiger partial charge in [0.25, 0.3) is 0 Å². The summed E-state index contributed by atoms with van der Waals surface area (Å²) in [5.41, 5.74) is 0.